The van der Waals surface area contributed by atoms with Crippen LogP contribution in [0, 0.1) is 11.8 Å². The summed E-state index contributed by atoms with van der Waals surface area (Å²) in [6.07, 6.45) is 8.83. The van der Waals surface area contributed by atoms with Crippen LogP contribution in [0.25, 0.3) is 0 Å². The molecule has 0 saturated carbocycles. The van der Waals surface area contributed by atoms with Gasteiger partial charge in [-0.15, -0.1) is 11.8 Å². The minimum absolute atomic E-state index is 0.0130. The Morgan fingerprint density at radius 1 is 1.11 bits per heavy atom. The van der Waals surface area contributed by atoms with Crippen molar-refractivity contribution in [3.8, 4) is 0 Å². The second-order valence-corrected chi connectivity index (χ2v) is 5.73. The second kappa shape index (κ2) is 5.17. The van der Waals surface area contributed by atoms with Crippen molar-refractivity contribution in [1.82, 2.24) is 9.88 Å². The van der Waals surface area contributed by atoms with Gasteiger partial charge in [-0.2, -0.15) is 0 Å². The van der Waals surface area contributed by atoms with Crippen molar-refractivity contribution in [1.29, 1.82) is 0 Å². The highest BCUT2D eigenvalue weighted by Crippen LogP contribution is 2.36. The molecule has 2 atom stereocenters. The number of hydrogen-bond donors (Lipinski definition) is 0. The SMILES string of the molecule is O=C1C2CC=CCC2C(=O)N1CSc1ccncc1. The summed E-state index contributed by atoms with van der Waals surface area (Å²) in [5.41, 5.74) is 0. The van der Waals surface area contributed by atoms with Crippen LogP contribution in [0.4, 0.5) is 0 Å². The average molecular weight is 274 g/mol. The van der Waals surface area contributed by atoms with Crippen LogP contribution < -0.4 is 0 Å². The fraction of sp³-hybridized carbons (Fsp3) is 0.357. The lowest BCUT2D eigenvalue weighted by molar-refractivity contribution is -0.138. The molecular formula is C14H14N2O2S. The number of aromatic nitrogens is 1. The first-order chi connectivity index (χ1) is 9.27. The monoisotopic (exact) mass is 274 g/mol. The molecule has 19 heavy (non-hydrogen) atoms. The number of nitrogens with zero attached hydrogens (tertiary/aromatic N) is 2. The van der Waals surface area contributed by atoms with Gasteiger partial charge in [-0.25, -0.2) is 0 Å². The van der Waals surface area contributed by atoms with Gasteiger partial charge in [-0.1, -0.05) is 12.2 Å². The van der Waals surface area contributed by atoms with E-state index >= 15 is 0 Å². The molecule has 1 aromatic heterocycles. The lowest BCUT2D eigenvalue weighted by atomic mass is 9.85. The van der Waals surface area contributed by atoms with Gasteiger partial charge >= 0.3 is 0 Å². The molecule has 1 fully saturated rings. The van der Waals surface area contributed by atoms with Crippen molar-refractivity contribution in [3.63, 3.8) is 0 Å². The van der Waals surface area contributed by atoms with Crippen LogP contribution in [-0.2, 0) is 9.59 Å². The highest BCUT2D eigenvalue weighted by atomic mass is 32.2. The summed E-state index contributed by atoms with van der Waals surface area (Å²) in [6.45, 7) is 0. The van der Waals surface area contributed by atoms with Crippen molar-refractivity contribution in [2.75, 3.05) is 5.88 Å². The van der Waals surface area contributed by atoms with Crippen molar-refractivity contribution in [2.24, 2.45) is 11.8 Å². The molecule has 2 aliphatic rings. The summed E-state index contributed by atoms with van der Waals surface area (Å²) in [4.78, 5) is 30.8. The molecule has 1 aliphatic carbocycles. The molecule has 3 rings (SSSR count). The normalized spacial score (nSPS) is 25.8. The van der Waals surface area contributed by atoms with Gasteiger partial charge in [0, 0.05) is 17.3 Å². The van der Waals surface area contributed by atoms with Gasteiger partial charge in [0.1, 0.15) is 0 Å². The number of carbonyl (C=O) groups excluding carboxylic acids is 2. The maximum atomic E-state index is 12.2. The number of likely N-dealkylation sites (tertiary alicyclic amines) is 1. The number of fused-ring (bicyclic) bond motifs is 1. The third kappa shape index (κ3) is 2.30. The lowest BCUT2D eigenvalue weighted by Crippen LogP contribution is -2.30. The van der Waals surface area contributed by atoms with Crippen LogP contribution in [0.15, 0.2) is 41.6 Å². The smallest absolute Gasteiger partial charge is 0.234 e. The second-order valence-electron chi connectivity index (χ2n) is 4.72. The number of thioether (sulfide) groups is 1. The molecule has 0 radical (unpaired) electrons. The average Bonchev–Trinajstić information content (AvgIpc) is 2.71. The molecule has 2 unspecified atom stereocenters. The number of imide groups is 1. The highest BCUT2D eigenvalue weighted by Gasteiger charge is 2.46. The molecule has 0 bridgehead atoms. The largest absolute Gasteiger partial charge is 0.274 e. The van der Waals surface area contributed by atoms with E-state index in [1.54, 1.807) is 12.4 Å². The predicted molar refractivity (Wildman–Crippen MR) is 72.2 cm³/mol. The number of rotatable bonds is 3. The minimum atomic E-state index is -0.129. The molecule has 98 valence electrons. The van der Waals surface area contributed by atoms with Crippen LogP contribution in [0.2, 0.25) is 0 Å². The fourth-order valence-corrected chi connectivity index (χ4v) is 3.42. The summed E-state index contributed by atoms with van der Waals surface area (Å²) in [5.74, 6) is 0.113. The third-order valence-electron chi connectivity index (χ3n) is 3.61. The molecular weight excluding hydrogens is 260 g/mol. The Morgan fingerprint density at radius 3 is 2.26 bits per heavy atom. The van der Waals surface area contributed by atoms with E-state index in [0.29, 0.717) is 18.7 Å². The van der Waals surface area contributed by atoms with Gasteiger partial charge in [0.05, 0.1) is 17.7 Å². The highest BCUT2D eigenvalue weighted by molar-refractivity contribution is 7.99. The molecule has 2 heterocycles. The zero-order chi connectivity index (χ0) is 13.2. The quantitative estimate of drug-likeness (QED) is 0.481. The Bertz CT molecular complexity index is 504. The van der Waals surface area contributed by atoms with E-state index in [1.807, 2.05) is 24.3 Å². The standard InChI is InChI=1S/C14H14N2O2S/c17-13-11-3-1-2-4-12(11)14(18)16(13)9-19-10-5-7-15-8-6-10/h1-2,5-8,11-12H,3-4,9H2. The Morgan fingerprint density at radius 2 is 1.68 bits per heavy atom. The first kappa shape index (κ1) is 12.4. The van der Waals surface area contributed by atoms with E-state index in [-0.39, 0.29) is 23.7 Å². The van der Waals surface area contributed by atoms with Crippen LogP contribution in [0.3, 0.4) is 0 Å². The van der Waals surface area contributed by atoms with E-state index in [0.717, 1.165) is 4.90 Å². The Hall–Kier alpha value is -1.62. The van der Waals surface area contributed by atoms with Crippen molar-refractivity contribution in [3.05, 3.63) is 36.7 Å². The zero-order valence-electron chi connectivity index (χ0n) is 10.4. The number of carbonyl (C=O) groups is 2. The summed E-state index contributed by atoms with van der Waals surface area (Å²) >= 11 is 1.49. The first-order valence-electron chi connectivity index (χ1n) is 6.30. The van der Waals surface area contributed by atoms with Crippen molar-refractivity contribution >= 4 is 23.6 Å². The zero-order valence-corrected chi connectivity index (χ0v) is 11.2. The van der Waals surface area contributed by atoms with Gasteiger partial charge in [0.15, 0.2) is 0 Å². The Balaban J connectivity index is 1.69. The molecule has 2 amide bonds. The molecule has 5 heteroatoms. The summed E-state index contributed by atoms with van der Waals surface area (Å²) in [7, 11) is 0. The van der Waals surface area contributed by atoms with E-state index in [4.69, 9.17) is 0 Å². The van der Waals surface area contributed by atoms with E-state index in [2.05, 4.69) is 4.98 Å². The van der Waals surface area contributed by atoms with Crippen LogP contribution in [-0.4, -0.2) is 27.6 Å². The molecule has 0 spiro atoms. The molecule has 1 aliphatic heterocycles. The fourth-order valence-electron chi connectivity index (χ4n) is 2.57. The van der Waals surface area contributed by atoms with Gasteiger partial charge in [0.25, 0.3) is 0 Å². The summed E-state index contributed by atoms with van der Waals surface area (Å²) < 4.78 is 0. The van der Waals surface area contributed by atoms with Crippen LogP contribution >= 0.6 is 11.8 Å². The number of amides is 2. The van der Waals surface area contributed by atoms with E-state index in [1.165, 1.54) is 16.7 Å². The molecule has 1 aromatic rings. The number of allylic oxidation sites excluding steroid dienone is 2. The van der Waals surface area contributed by atoms with Gasteiger partial charge in [-0.3, -0.25) is 19.5 Å². The Kier molecular flexibility index (Phi) is 3.38. The predicted octanol–water partition coefficient (Wildman–Crippen LogP) is 2.08. The van der Waals surface area contributed by atoms with E-state index in [9.17, 15) is 9.59 Å². The van der Waals surface area contributed by atoms with Gasteiger partial charge in [-0.05, 0) is 25.0 Å². The lowest BCUT2D eigenvalue weighted by Gasteiger charge is -2.14. The first-order valence-corrected chi connectivity index (χ1v) is 7.29. The maximum Gasteiger partial charge on any atom is 0.234 e. The number of hydrogen-bond acceptors (Lipinski definition) is 4. The molecule has 4 nitrogen and oxygen atoms in total. The van der Waals surface area contributed by atoms with Crippen molar-refractivity contribution in [2.45, 2.75) is 17.7 Å². The van der Waals surface area contributed by atoms with Crippen LogP contribution in [0.5, 0.6) is 0 Å². The van der Waals surface area contributed by atoms with Crippen LogP contribution in [0.1, 0.15) is 12.8 Å². The summed E-state index contributed by atoms with van der Waals surface area (Å²) in [5, 5.41) is 0. The maximum absolute atomic E-state index is 12.2. The number of pyridine rings is 1. The topological polar surface area (TPSA) is 50.3 Å². The van der Waals surface area contributed by atoms with Gasteiger partial charge < -0.3 is 0 Å². The van der Waals surface area contributed by atoms with Crippen molar-refractivity contribution < 1.29 is 9.59 Å². The minimum Gasteiger partial charge on any atom is -0.274 e. The molecule has 1 saturated heterocycles. The van der Waals surface area contributed by atoms with Gasteiger partial charge in [0.2, 0.25) is 11.8 Å². The summed E-state index contributed by atoms with van der Waals surface area (Å²) in [6, 6.07) is 3.76. The molecule has 0 N–H and O–H groups in total. The Labute approximate surface area is 115 Å². The molecule has 0 aromatic carbocycles. The van der Waals surface area contributed by atoms with E-state index < -0.39 is 0 Å². The third-order valence-corrected chi connectivity index (χ3v) is 4.60.